The van der Waals surface area contributed by atoms with E-state index in [2.05, 4.69) is 45.6 Å². The second-order valence-electron chi connectivity index (χ2n) is 7.96. The van der Waals surface area contributed by atoms with Gasteiger partial charge in [0.1, 0.15) is 0 Å². The molecule has 2 aromatic heterocycles. The fraction of sp³-hybridized carbons (Fsp3) is 0.292. The van der Waals surface area contributed by atoms with Crippen molar-refractivity contribution >= 4 is 28.6 Å². The number of carbonyl (C=O) groups is 1. The first kappa shape index (κ1) is 20.8. The van der Waals surface area contributed by atoms with Crippen LogP contribution in [-0.2, 0) is 9.53 Å². The maximum atomic E-state index is 12.4. The number of H-pyrrole nitrogens is 1. The van der Waals surface area contributed by atoms with Gasteiger partial charge in [-0.25, -0.2) is 0 Å². The highest BCUT2D eigenvalue weighted by atomic mass is 32.2. The van der Waals surface area contributed by atoms with Gasteiger partial charge in [0.05, 0.1) is 11.9 Å². The average Bonchev–Trinajstić information content (AvgIpc) is 3.55. The summed E-state index contributed by atoms with van der Waals surface area (Å²) in [5.41, 5.74) is 4.14. The van der Waals surface area contributed by atoms with Crippen LogP contribution in [-0.4, -0.2) is 50.7 Å². The van der Waals surface area contributed by atoms with E-state index in [0.717, 1.165) is 53.0 Å². The number of para-hydroxylation sites is 1. The van der Waals surface area contributed by atoms with Gasteiger partial charge in [-0.15, -0.1) is 10.2 Å². The molecule has 5 rings (SSSR count). The Bertz CT molecular complexity index is 1240. The van der Waals surface area contributed by atoms with Crippen LogP contribution in [0.1, 0.15) is 18.4 Å². The standard InChI is InChI=1S/C24H25N5O2S/c1-16-6-4-7-17(12-16)29-23(20-14-25-21-10-3-2-9-19(20)21)27-28-24(29)32-15-22(30)26-13-18-8-5-11-31-18/h2-4,6-7,9-10,12,14,18,25H,5,8,11,13,15H2,1H3,(H,26,30). The van der Waals surface area contributed by atoms with Crippen LogP contribution < -0.4 is 5.32 Å². The van der Waals surface area contributed by atoms with E-state index >= 15 is 0 Å². The number of aromatic nitrogens is 4. The normalized spacial score (nSPS) is 16.0. The number of benzene rings is 2. The summed E-state index contributed by atoms with van der Waals surface area (Å²) in [4.78, 5) is 15.8. The van der Waals surface area contributed by atoms with Gasteiger partial charge in [-0.2, -0.15) is 0 Å². The molecule has 8 heteroatoms. The van der Waals surface area contributed by atoms with Crippen LogP contribution in [0.2, 0.25) is 0 Å². The lowest BCUT2D eigenvalue weighted by atomic mass is 10.1. The zero-order valence-corrected chi connectivity index (χ0v) is 18.7. The second kappa shape index (κ2) is 9.18. The van der Waals surface area contributed by atoms with Crippen molar-refractivity contribution in [1.82, 2.24) is 25.1 Å². The Labute approximate surface area is 190 Å². The van der Waals surface area contributed by atoms with E-state index in [1.807, 2.05) is 41.1 Å². The summed E-state index contributed by atoms with van der Waals surface area (Å²) in [5, 5.41) is 13.7. The Kier molecular flexibility index (Phi) is 5.96. The number of carbonyl (C=O) groups excluding carboxylic acids is 1. The smallest absolute Gasteiger partial charge is 0.230 e. The van der Waals surface area contributed by atoms with Crippen molar-refractivity contribution in [3.63, 3.8) is 0 Å². The predicted molar refractivity (Wildman–Crippen MR) is 126 cm³/mol. The molecule has 0 radical (unpaired) electrons. The second-order valence-corrected chi connectivity index (χ2v) is 8.90. The van der Waals surface area contributed by atoms with Gasteiger partial charge < -0.3 is 15.0 Å². The van der Waals surface area contributed by atoms with Crippen molar-refractivity contribution in [3.05, 3.63) is 60.3 Å². The summed E-state index contributed by atoms with van der Waals surface area (Å²) in [6.45, 7) is 3.40. The largest absolute Gasteiger partial charge is 0.376 e. The zero-order valence-electron chi connectivity index (χ0n) is 17.9. The van der Waals surface area contributed by atoms with Gasteiger partial charge in [0, 0.05) is 41.5 Å². The van der Waals surface area contributed by atoms with E-state index in [1.165, 1.54) is 11.8 Å². The third kappa shape index (κ3) is 4.28. The number of fused-ring (bicyclic) bond motifs is 1. The first-order chi connectivity index (χ1) is 15.7. The van der Waals surface area contributed by atoms with Crippen molar-refractivity contribution in [2.24, 2.45) is 0 Å². The number of thioether (sulfide) groups is 1. The topological polar surface area (TPSA) is 84.8 Å². The van der Waals surface area contributed by atoms with Crippen LogP contribution in [0.3, 0.4) is 0 Å². The van der Waals surface area contributed by atoms with Gasteiger partial charge in [0.2, 0.25) is 5.91 Å². The highest BCUT2D eigenvalue weighted by molar-refractivity contribution is 7.99. The number of nitrogens with one attached hydrogen (secondary N) is 2. The van der Waals surface area contributed by atoms with E-state index in [-0.39, 0.29) is 17.8 Å². The third-order valence-corrected chi connectivity index (χ3v) is 6.54. The van der Waals surface area contributed by atoms with Crippen molar-refractivity contribution < 1.29 is 9.53 Å². The van der Waals surface area contributed by atoms with Crippen LogP contribution >= 0.6 is 11.8 Å². The summed E-state index contributed by atoms with van der Waals surface area (Å²) in [6, 6.07) is 16.4. The lowest BCUT2D eigenvalue weighted by Gasteiger charge is -2.12. The lowest BCUT2D eigenvalue weighted by molar-refractivity contribution is -0.119. The van der Waals surface area contributed by atoms with E-state index in [9.17, 15) is 4.79 Å². The lowest BCUT2D eigenvalue weighted by Crippen LogP contribution is -2.32. The highest BCUT2D eigenvalue weighted by Crippen LogP contribution is 2.32. The number of hydrogen-bond donors (Lipinski definition) is 2. The summed E-state index contributed by atoms with van der Waals surface area (Å²) in [6.07, 6.45) is 4.16. The highest BCUT2D eigenvalue weighted by Gasteiger charge is 2.20. The monoisotopic (exact) mass is 447 g/mol. The Morgan fingerprint density at radius 1 is 1.25 bits per heavy atom. The Balaban J connectivity index is 1.43. The molecule has 2 N–H and O–H groups in total. The van der Waals surface area contributed by atoms with Gasteiger partial charge >= 0.3 is 0 Å². The maximum Gasteiger partial charge on any atom is 0.230 e. The van der Waals surface area contributed by atoms with E-state index in [4.69, 9.17) is 4.74 Å². The average molecular weight is 448 g/mol. The molecule has 164 valence electrons. The van der Waals surface area contributed by atoms with E-state index in [0.29, 0.717) is 11.7 Å². The fourth-order valence-corrected chi connectivity index (χ4v) is 4.79. The van der Waals surface area contributed by atoms with Crippen molar-refractivity contribution in [2.75, 3.05) is 18.9 Å². The van der Waals surface area contributed by atoms with Crippen LogP contribution in [0.4, 0.5) is 0 Å². The Morgan fingerprint density at radius 2 is 2.16 bits per heavy atom. The molecular formula is C24H25N5O2S. The maximum absolute atomic E-state index is 12.4. The molecule has 1 aliphatic rings. The number of rotatable bonds is 7. The molecule has 32 heavy (non-hydrogen) atoms. The van der Waals surface area contributed by atoms with Crippen LogP contribution in [0.15, 0.2) is 59.9 Å². The summed E-state index contributed by atoms with van der Waals surface area (Å²) in [5.74, 6) is 0.984. The molecule has 0 bridgehead atoms. The van der Waals surface area contributed by atoms with Crippen LogP contribution in [0, 0.1) is 6.92 Å². The van der Waals surface area contributed by atoms with Crippen LogP contribution in [0.25, 0.3) is 28.0 Å². The van der Waals surface area contributed by atoms with Crippen LogP contribution in [0.5, 0.6) is 0 Å². The molecule has 0 saturated carbocycles. The van der Waals surface area contributed by atoms with Gasteiger partial charge in [0.15, 0.2) is 11.0 Å². The first-order valence-corrected chi connectivity index (χ1v) is 11.8. The van der Waals surface area contributed by atoms with Crippen molar-refractivity contribution in [3.8, 4) is 17.1 Å². The summed E-state index contributed by atoms with van der Waals surface area (Å²) < 4.78 is 7.61. The molecule has 4 aromatic rings. The fourth-order valence-electron chi connectivity index (χ4n) is 4.01. The number of amides is 1. The van der Waals surface area contributed by atoms with Gasteiger partial charge in [-0.05, 0) is 43.5 Å². The minimum atomic E-state index is -0.0297. The number of aromatic amines is 1. The molecule has 1 fully saturated rings. The van der Waals surface area contributed by atoms with Gasteiger partial charge in [0.25, 0.3) is 0 Å². The van der Waals surface area contributed by atoms with Crippen molar-refractivity contribution in [1.29, 1.82) is 0 Å². The number of nitrogens with zero attached hydrogens (tertiary/aromatic N) is 3. The first-order valence-electron chi connectivity index (χ1n) is 10.8. The van der Waals surface area contributed by atoms with Gasteiger partial charge in [-0.1, -0.05) is 42.1 Å². The van der Waals surface area contributed by atoms with Crippen molar-refractivity contribution in [2.45, 2.75) is 31.0 Å². The SMILES string of the molecule is Cc1cccc(-n2c(SCC(=O)NCC3CCCO3)nnc2-c2c[nH]c3ccccc23)c1. The Hall–Kier alpha value is -3.10. The molecule has 3 heterocycles. The molecule has 2 aromatic carbocycles. The molecule has 7 nitrogen and oxygen atoms in total. The number of ether oxygens (including phenoxy) is 1. The summed E-state index contributed by atoms with van der Waals surface area (Å²) in [7, 11) is 0. The predicted octanol–water partition coefficient (Wildman–Crippen LogP) is 4.11. The molecule has 1 unspecified atom stereocenters. The summed E-state index contributed by atoms with van der Waals surface area (Å²) >= 11 is 1.39. The molecule has 1 aliphatic heterocycles. The minimum absolute atomic E-state index is 0.0297. The van der Waals surface area contributed by atoms with E-state index in [1.54, 1.807) is 0 Å². The molecule has 1 saturated heterocycles. The minimum Gasteiger partial charge on any atom is -0.376 e. The molecular weight excluding hydrogens is 422 g/mol. The molecule has 1 atom stereocenters. The molecule has 0 aliphatic carbocycles. The molecule has 1 amide bonds. The zero-order chi connectivity index (χ0) is 21.9. The molecule has 0 spiro atoms. The van der Waals surface area contributed by atoms with E-state index < -0.39 is 0 Å². The Morgan fingerprint density at radius 3 is 3.00 bits per heavy atom. The number of aryl methyl sites for hydroxylation is 1. The quantitative estimate of drug-likeness (QED) is 0.417. The van der Waals surface area contributed by atoms with Gasteiger partial charge in [-0.3, -0.25) is 9.36 Å². The number of hydrogen-bond acceptors (Lipinski definition) is 5. The third-order valence-electron chi connectivity index (χ3n) is 5.61.